The normalized spacial score (nSPS) is 13.3. The predicted molar refractivity (Wildman–Crippen MR) is 109 cm³/mol. The van der Waals surface area contributed by atoms with E-state index < -0.39 is 0 Å². The molecule has 0 fully saturated rings. The average Bonchev–Trinajstić information content (AvgIpc) is 3.00. The third-order valence-corrected chi connectivity index (χ3v) is 5.37. The molecule has 0 saturated heterocycles. The van der Waals surface area contributed by atoms with Gasteiger partial charge in [-0.15, -0.1) is 0 Å². The molecule has 0 atom stereocenters. The molecule has 1 aliphatic rings. The molecule has 0 radical (unpaired) electrons. The highest BCUT2D eigenvalue weighted by Crippen LogP contribution is 2.41. The van der Waals surface area contributed by atoms with Crippen molar-refractivity contribution >= 4 is 39.2 Å². The highest BCUT2D eigenvalue weighted by molar-refractivity contribution is 6.31. The van der Waals surface area contributed by atoms with E-state index in [0.29, 0.717) is 0 Å². The molecule has 1 aliphatic carbocycles. The number of halogens is 1. The molecule has 0 aromatic heterocycles. The lowest BCUT2D eigenvalue weighted by Crippen LogP contribution is -1.90. The fraction of sp³-hybridized carbons (Fsp3) is 0.0833. The first-order valence-electron chi connectivity index (χ1n) is 8.61. The monoisotopic (exact) mass is 340 g/mol. The van der Waals surface area contributed by atoms with Gasteiger partial charge in [-0.25, -0.2) is 0 Å². The van der Waals surface area contributed by atoms with E-state index in [1.54, 1.807) is 0 Å². The topological polar surface area (TPSA) is 0 Å². The zero-order chi connectivity index (χ0) is 17.0. The maximum Gasteiger partial charge on any atom is 0.0415 e. The van der Waals surface area contributed by atoms with Crippen LogP contribution in [0.1, 0.15) is 18.1 Å². The number of benzene rings is 4. The molecule has 4 aromatic rings. The van der Waals surface area contributed by atoms with E-state index >= 15 is 0 Å². The van der Waals surface area contributed by atoms with Crippen LogP contribution in [-0.2, 0) is 6.42 Å². The van der Waals surface area contributed by atoms with Crippen molar-refractivity contribution in [2.75, 3.05) is 0 Å². The predicted octanol–water partition coefficient (Wildman–Crippen LogP) is 7.27. The second-order valence-corrected chi connectivity index (χ2v) is 7.32. The maximum absolute atomic E-state index is 6.47. The van der Waals surface area contributed by atoms with Gasteiger partial charge in [-0.2, -0.15) is 0 Å². The summed E-state index contributed by atoms with van der Waals surface area (Å²) in [6.45, 7) is 2.19. The molecule has 0 heterocycles. The van der Waals surface area contributed by atoms with E-state index in [2.05, 4.69) is 79.7 Å². The average molecular weight is 341 g/mol. The summed E-state index contributed by atoms with van der Waals surface area (Å²) in [5.41, 5.74) is 6.54. The fourth-order valence-corrected chi connectivity index (χ4v) is 4.33. The third kappa shape index (κ3) is 2.29. The molecule has 0 saturated carbocycles. The summed E-state index contributed by atoms with van der Waals surface area (Å²) in [5.74, 6) is 0. The molecule has 0 N–H and O–H groups in total. The van der Waals surface area contributed by atoms with Gasteiger partial charge in [0.05, 0.1) is 0 Å². The molecule has 0 nitrogen and oxygen atoms in total. The Labute approximate surface area is 152 Å². The number of allylic oxidation sites excluding steroid dienone is 1. The van der Waals surface area contributed by atoms with Gasteiger partial charge in [-0.05, 0) is 75.3 Å². The lowest BCUT2D eigenvalue weighted by molar-refractivity contribution is 1.20. The van der Waals surface area contributed by atoms with E-state index in [0.717, 1.165) is 11.4 Å². The molecule has 0 unspecified atom stereocenters. The lowest BCUT2D eigenvalue weighted by atomic mass is 9.90. The SMILES string of the molecule is CC1=Cc2c(cc(Cl)cc2-c2cc3ccccc3c3ccccc23)C1. The van der Waals surface area contributed by atoms with Crippen molar-refractivity contribution < 1.29 is 0 Å². The fourth-order valence-electron chi connectivity index (χ4n) is 4.09. The van der Waals surface area contributed by atoms with Gasteiger partial charge in [-0.1, -0.05) is 71.8 Å². The van der Waals surface area contributed by atoms with Gasteiger partial charge in [0.15, 0.2) is 0 Å². The highest BCUT2D eigenvalue weighted by Gasteiger charge is 2.18. The zero-order valence-electron chi connectivity index (χ0n) is 14.0. The quantitative estimate of drug-likeness (QED) is 0.319. The first-order valence-corrected chi connectivity index (χ1v) is 8.99. The summed E-state index contributed by atoms with van der Waals surface area (Å²) < 4.78 is 0. The van der Waals surface area contributed by atoms with Crippen LogP contribution in [0, 0.1) is 0 Å². The first-order chi connectivity index (χ1) is 12.2. The van der Waals surface area contributed by atoms with Crippen LogP contribution in [0.3, 0.4) is 0 Å². The summed E-state index contributed by atoms with van der Waals surface area (Å²) in [6.07, 6.45) is 3.30. The van der Waals surface area contributed by atoms with Crippen molar-refractivity contribution in [1.82, 2.24) is 0 Å². The zero-order valence-corrected chi connectivity index (χ0v) is 14.8. The van der Waals surface area contributed by atoms with Crippen LogP contribution in [0.15, 0.2) is 72.3 Å². The highest BCUT2D eigenvalue weighted by atomic mass is 35.5. The molecular formula is C24H17Cl. The Morgan fingerprint density at radius 1 is 0.760 bits per heavy atom. The molecule has 0 aliphatic heterocycles. The minimum absolute atomic E-state index is 0.814. The summed E-state index contributed by atoms with van der Waals surface area (Å²) in [7, 11) is 0. The van der Waals surface area contributed by atoms with Crippen molar-refractivity contribution in [2.45, 2.75) is 13.3 Å². The standard InChI is InChI=1S/C24H17Cl/c1-15-10-17-12-18(25)14-24(22(17)11-15)23-13-16-6-2-3-7-19(16)20-8-4-5-9-21(20)23/h2-9,11-14H,10H2,1H3. The third-order valence-electron chi connectivity index (χ3n) is 5.15. The largest absolute Gasteiger partial charge is 0.0843 e. The van der Waals surface area contributed by atoms with E-state index in [4.69, 9.17) is 11.6 Å². The second kappa shape index (κ2) is 5.47. The number of rotatable bonds is 1. The lowest BCUT2D eigenvalue weighted by Gasteiger charge is -2.14. The summed E-state index contributed by atoms with van der Waals surface area (Å²) in [6, 6.07) is 23.8. The number of hydrogen-bond acceptors (Lipinski definition) is 0. The minimum Gasteiger partial charge on any atom is -0.0843 e. The van der Waals surface area contributed by atoms with Crippen LogP contribution in [0.4, 0.5) is 0 Å². The Balaban J connectivity index is 1.94. The van der Waals surface area contributed by atoms with Crippen molar-refractivity contribution in [3.63, 3.8) is 0 Å². The smallest absolute Gasteiger partial charge is 0.0415 e. The van der Waals surface area contributed by atoms with Gasteiger partial charge >= 0.3 is 0 Å². The van der Waals surface area contributed by atoms with Gasteiger partial charge in [0, 0.05) is 5.02 Å². The second-order valence-electron chi connectivity index (χ2n) is 6.88. The van der Waals surface area contributed by atoms with E-state index in [1.807, 2.05) is 0 Å². The van der Waals surface area contributed by atoms with Crippen LogP contribution in [0.5, 0.6) is 0 Å². The Kier molecular flexibility index (Phi) is 3.23. The molecule has 0 amide bonds. The maximum atomic E-state index is 6.47. The molecular weight excluding hydrogens is 324 g/mol. The van der Waals surface area contributed by atoms with E-state index in [1.165, 1.54) is 49.4 Å². The Hall–Kier alpha value is -2.57. The number of hydrogen-bond donors (Lipinski definition) is 0. The van der Waals surface area contributed by atoms with Crippen molar-refractivity contribution in [3.05, 3.63) is 88.5 Å². The summed E-state index contributed by atoms with van der Waals surface area (Å²) in [4.78, 5) is 0. The van der Waals surface area contributed by atoms with Gasteiger partial charge in [-0.3, -0.25) is 0 Å². The van der Waals surface area contributed by atoms with Gasteiger partial charge in [0.1, 0.15) is 0 Å². The summed E-state index contributed by atoms with van der Waals surface area (Å²) >= 11 is 6.47. The van der Waals surface area contributed by atoms with Crippen LogP contribution in [-0.4, -0.2) is 0 Å². The Bertz CT molecular complexity index is 1180. The molecule has 120 valence electrons. The van der Waals surface area contributed by atoms with Crippen molar-refractivity contribution in [3.8, 4) is 11.1 Å². The van der Waals surface area contributed by atoms with Gasteiger partial charge < -0.3 is 0 Å². The van der Waals surface area contributed by atoms with Crippen molar-refractivity contribution in [1.29, 1.82) is 0 Å². The molecule has 4 aromatic carbocycles. The van der Waals surface area contributed by atoms with Crippen molar-refractivity contribution in [2.24, 2.45) is 0 Å². The van der Waals surface area contributed by atoms with Crippen LogP contribution in [0.2, 0.25) is 5.02 Å². The Morgan fingerprint density at radius 3 is 2.32 bits per heavy atom. The molecule has 25 heavy (non-hydrogen) atoms. The van der Waals surface area contributed by atoms with E-state index in [-0.39, 0.29) is 0 Å². The molecule has 0 bridgehead atoms. The first kappa shape index (κ1) is 14.7. The van der Waals surface area contributed by atoms with Gasteiger partial charge in [0.25, 0.3) is 0 Å². The van der Waals surface area contributed by atoms with E-state index in [9.17, 15) is 0 Å². The molecule has 0 spiro atoms. The number of fused-ring (bicyclic) bond motifs is 4. The molecule has 5 rings (SSSR count). The van der Waals surface area contributed by atoms with Crippen LogP contribution in [0.25, 0.3) is 38.7 Å². The van der Waals surface area contributed by atoms with Crippen LogP contribution < -0.4 is 0 Å². The van der Waals surface area contributed by atoms with Gasteiger partial charge in [0.2, 0.25) is 0 Å². The summed E-state index contributed by atoms with van der Waals surface area (Å²) in [5, 5.41) is 5.96. The molecule has 1 heteroatoms. The Morgan fingerprint density at radius 2 is 1.48 bits per heavy atom. The van der Waals surface area contributed by atoms with Crippen LogP contribution >= 0.6 is 11.6 Å². The minimum atomic E-state index is 0.814.